The van der Waals surface area contributed by atoms with E-state index in [1.807, 2.05) is 42.0 Å². The van der Waals surface area contributed by atoms with Crippen molar-refractivity contribution in [3.63, 3.8) is 0 Å². The zero-order chi connectivity index (χ0) is 13.1. The van der Waals surface area contributed by atoms with Gasteiger partial charge in [0, 0.05) is 30.1 Å². The fourth-order valence-corrected chi connectivity index (χ4v) is 2.35. The number of nitrogens with zero attached hydrogens (tertiary/aromatic N) is 1. The highest BCUT2D eigenvalue weighted by Crippen LogP contribution is 2.31. The SMILES string of the molecule is Cc1ccc(-c2c(C=N)ccn2CCO)c(Cl)c1. The highest BCUT2D eigenvalue weighted by Gasteiger charge is 2.12. The maximum absolute atomic E-state index is 9.08. The molecule has 0 saturated heterocycles. The molecule has 4 heteroatoms. The lowest BCUT2D eigenvalue weighted by Crippen LogP contribution is -2.03. The van der Waals surface area contributed by atoms with Crippen molar-refractivity contribution in [2.45, 2.75) is 13.5 Å². The van der Waals surface area contributed by atoms with Crippen LogP contribution in [-0.2, 0) is 6.54 Å². The first kappa shape index (κ1) is 12.9. The molecule has 0 amide bonds. The molecule has 0 bridgehead atoms. The van der Waals surface area contributed by atoms with E-state index >= 15 is 0 Å². The molecule has 2 rings (SSSR count). The highest BCUT2D eigenvalue weighted by atomic mass is 35.5. The van der Waals surface area contributed by atoms with Gasteiger partial charge in [-0.15, -0.1) is 0 Å². The third-order valence-electron chi connectivity index (χ3n) is 2.87. The van der Waals surface area contributed by atoms with Gasteiger partial charge >= 0.3 is 0 Å². The Kier molecular flexibility index (Phi) is 3.84. The van der Waals surface area contributed by atoms with E-state index in [4.69, 9.17) is 22.1 Å². The number of aliphatic hydroxyl groups excluding tert-OH is 1. The maximum atomic E-state index is 9.08. The Labute approximate surface area is 111 Å². The molecule has 3 nitrogen and oxygen atoms in total. The lowest BCUT2D eigenvalue weighted by atomic mass is 10.1. The number of aryl methyl sites for hydroxylation is 1. The van der Waals surface area contributed by atoms with Gasteiger partial charge < -0.3 is 15.1 Å². The molecule has 1 heterocycles. The van der Waals surface area contributed by atoms with E-state index in [1.54, 1.807) is 0 Å². The molecule has 0 radical (unpaired) electrons. The minimum Gasteiger partial charge on any atom is -0.395 e. The second-order valence-corrected chi connectivity index (χ2v) is 4.57. The Bertz CT molecular complexity index is 575. The van der Waals surface area contributed by atoms with Crippen LogP contribution in [0.1, 0.15) is 11.1 Å². The minimum atomic E-state index is 0.0581. The fourth-order valence-electron chi connectivity index (χ4n) is 2.02. The summed E-state index contributed by atoms with van der Waals surface area (Å²) in [5.41, 5.74) is 3.66. The normalized spacial score (nSPS) is 10.6. The van der Waals surface area contributed by atoms with Crippen LogP contribution < -0.4 is 0 Å². The average molecular weight is 263 g/mol. The zero-order valence-electron chi connectivity index (χ0n) is 10.2. The topological polar surface area (TPSA) is 49.0 Å². The first-order valence-corrected chi connectivity index (χ1v) is 6.12. The second-order valence-electron chi connectivity index (χ2n) is 4.16. The Hall–Kier alpha value is -1.58. The van der Waals surface area contributed by atoms with E-state index in [1.165, 1.54) is 6.21 Å². The van der Waals surface area contributed by atoms with Crippen LogP contribution in [0.15, 0.2) is 30.5 Å². The Morgan fingerprint density at radius 1 is 1.39 bits per heavy atom. The van der Waals surface area contributed by atoms with Gasteiger partial charge in [-0.2, -0.15) is 0 Å². The van der Waals surface area contributed by atoms with Crippen molar-refractivity contribution < 1.29 is 5.11 Å². The van der Waals surface area contributed by atoms with E-state index in [0.29, 0.717) is 11.6 Å². The van der Waals surface area contributed by atoms with Crippen molar-refractivity contribution in [1.82, 2.24) is 4.57 Å². The molecule has 0 spiro atoms. The van der Waals surface area contributed by atoms with Crippen LogP contribution in [0.3, 0.4) is 0 Å². The molecule has 18 heavy (non-hydrogen) atoms. The molecule has 94 valence electrons. The predicted octanol–water partition coefficient (Wildman–Crippen LogP) is 3.11. The summed E-state index contributed by atoms with van der Waals surface area (Å²) >= 11 is 6.27. The Morgan fingerprint density at radius 3 is 2.78 bits per heavy atom. The number of halogens is 1. The highest BCUT2D eigenvalue weighted by molar-refractivity contribution is 6.33. The fraction of sp³-hybridized carbons (Fsp3) is 0.214. The molecular weight excluding hydrogens is 248 g/mol. The monoisotopic (exact) mass is 262 g/mol. The van der Waals surface area contributed by atoms with Gasteiger partial charge in [-0.05, 0) is 24.6 Å². The molecule has 0 aliphatic heterocycles. The van der Waals surface area contributed by atoms with E-state index in [0.717, 1.165) is 22.4 Å². The van der Waals surface area contributed by atoms with Gasteiger partial charge in [-0.25, -0.2) is 0 Å². The number of benzene rings is 1. The van der Waals surface area contributed by atoms with E-state index < -0.39 is 0 Å². The molecule has 0 aliphatic carbocycles. The molecule has 0 saturated carbocycles. The van der Waals surface area contributed by atoms with Crippen LogP contribution in [0.4, 0.5) is 0 Å². The molecule has 0 atom stereocenters. The molecular formula is C14H15ClN2O. The summed E-state index contributed by atoms with van der Waals surface area (Å²) in [6.45, 7) is 2.54. The van der Waals surface area contributed by atoms with E-state index in [9.17, 15) is 0 Å². The smallest absolute Gasteiger partial charge is 0.0610 e. The first-order valence-electron chi connectivity index (χ1n) is 5.74. The standard InChI is InChI=1S/C14H15ClN2O/c1-10-2-3-12(13(15)8-10)14-11(9-16)4-5-17(14)6-7-18/h2-5,8-9,16,18H,6-7H2,1H3. The average Bonchev–Trinajstić information content (AvgIpc) is 2.73. The minimum absolute atomic E-state index is 0.0581. The van der Waals surface area contributed by atoms with Gasteiger partial charge in [0.2, 0.25) is 0 Å². The van der Waals surface area contributed by atoms with Crippen molar-refractivity contribution in [3.05, 3.63) is 46.6 Å². The van der Waals surface area contributed by atoms with Crippen LogP contribution in [0, 0.1) is 12.3 Å². The summed E-state index contributed by atoms with van der Waals surface area (Å²) in [4.78, 5) is 0. The van der Waals surface area contributed by atoms with Crippen molar-refractivity contribution in [3.8, 4) is 11.3 Å². The lowest BCUT2D eigenvalue weighted by Gasteiger charge is -2.11. The quantitative estimate of drug-likeness (QED) is 0.818. The Balaban J connectivity index is 2.60. The Morgan fingerprint density at radius 2 is 2.17 bits per heavy atom. The van der Waals surface area contributed by atoms with E-state index in [-0.39, 0.29) is 6.61 Å². The predicted molar refractivity (Wildman–Crippen MR) is 74.6 cm³/mol. The molecule has 1 aromatic carbocycles. The van der Waals surface area contributed by atoms with Gasteiger partial charge in [0.25, 0.3) is 0 Å². The third kappa shape index (κ3) is 2.33. The number of hydrogen-bond donors (Lipinski definition) is 2. The van der Waals surface area contributed by atoms with Gasteiger partial charge in [-0.3, -0.25) is 0 Å². The van der Waals surface area contributed by atoms with Gasteiger partial charge in [0.1, 0.15) is 0 Å². The van der Waals surface area contributed by atoms with Crippen molar-refractivity contribution >= 4 is 17.8 Å². The van der Waals surface area contributed by atoms with E-state index in [2.05, 4.69) is 0 Å². The first-order chi connectivity index (χ1) is 8.67. The number of aromatic nitrogens is 1. The van der Waals surface area contributed by atoms with Gasteiger partial charge in [0.05, 0.1) is 17.3 Å². The summed E-state index contributed by atoms with van der Waals surface area (Å²) < 4.78 is 1.91. The molecule has 0 aliphatic rings. The summed E-state index contributed by atoms with van der Waals surface area (Å²) in [5, 5.41) is 17.2. The molecule has 0 fully saturated rings. The van der Waals surface area contributed by atoms with Crippen molar-refractivity contribution in [2.24, 2.45) is 0 Å². The number of rotatable bonds is 4. The largest absolute Gasteiger partial charge is 0.395 e. The van der Waals surface area contributed by atoms with Crippen molar-refractivity contribution in [2.75, 3.05) is 6.61 Å². The van der Waals surface area contributed by atoms with Crippen LogP contribution >= 0.6 is 11.6 Å². The number of hydrogen-bond acceptors (Lipinski definition) is 2. The molecule has 1 aromatic heterocycles. The van der Waals surface area contributed by atoms with Crippen LogP contribution in [-0.4, -0.2) is 22.5 Å². The number of nitrogens with one attached hydrogen (secondary N) is 1. The summed E-state index contributed by atoms with van der Waals surface area (Å²) in [6.07, 6.45) is 3.17. The third-order valence-corrected chi connectivity index (χ3v) is 3.18. The van der Waals surface area contributed by atoms with Crippen LogP contribution in [0.25, 0.3) is 11.3 Å². The summed E-state index contributed by atoms with van der Waals surface area (Å²) in [5.74, 6) is 0. The van der Waals surface area contributed by atoms with Crippen molar-refractivity contribution in [1.29, 1.82) is 5.41 Å². The van der Waals surface area contributed by atoms with Gasteiger partial charge in [0.15, 0.2) is 0 Å². The van der Waals surface area contributed by atoms with Crippen LogP contribution in [0.2, 0.25) is 5.02 Å². The summed E-state index contributed by atoms with van der Waals surface area (Å²) in [6, 6.07) is 7.70. The second kappa shape index (κ2) is 5.38. The lowest BCUT2D eigenvalue weighted by molar-refractivity contribution is 0.277. The van der Waals surface area contributed by atoms with Crippen LogP contribution in [0.5, 0.6) is 0 Å². The van der Waals surface area contributed by atoms with Gasteiger partial charge in [-0.1, -0.05) is 23.7 Å². The molecule has 2 N–H and O–H groups in total. The maximum Gasteiger partial charge on any atom is 0.0610 e. The molecule has 0 unspecified atom stereocenters. The summed E-state index contributed by atoms with van der Waals surface area (Å²) in [7, 11) is 0. The number of aliphatic hydroxyl groups is 1. The zero-order valence-corrected chi connectivity index (χ0v) is 10.9. The molecule has 2 aromatic rings.